The maximum Gasteiger partial charge on any atom is 0.271 e. The van der Waals surface area contributed by atoms with Gasteiger partial charge in [-0.2, -0.15) is 0 Å². The van der Waals surface area contributed by atoms with Gasteiger partial charge in [0.25, 0.3) is 5.91 Å². The molecule has 2 aliphatic carbocycles. The van der Waals surface area contributed by atoms with Crippen molar-refractivity contribution in [2.45, 2.75) is 44.2 Å². The standard InChI is InChI=1S/C21H22FN3O2S/c22-15-8-6-14(7-9-15)21-25-18(12-28-21)20(27)24-17-11-16(17)23-19(26)10-13-4-2-1-3-5-13/h1-2,6-9,12-13,16-17H,3-5,10-11H2,(H,23,26)(H,24,27)/t13-,16-,17-/m1/s1. The van der Waals surface area contributed by atoms with Gasteiger partial charge < -0.3 is 10.6 Å². The molecular weight excluding hydrogens is 377 g/mol. The van der Waals surface area contributed by atoms with Gasteiger partial charge in [-0.1, -0.05) is 12.2 Å². The topological polar surface area (TPSA) is 71.1 Å². The number of nitrogens with zero attached hydrogens (tertiary/aromatic N) is 1. The minimum atomic E-state index is -0.306. The van der Waals surface area contributed by atoms with E-state index in [1.807, 2.05) is 0 Å². The molecular formula is C21H22FN3O2S. The summed E-state index contributed by atoms with van der Waals surface area (Å²) < 4.78 is 13.0. The molecule has 1 fully saturated rings. The van der Waals surface area contributed by atoms with Gasteiger partial charge in [0.15, 0.2) is 0 Å². The molecule has 28 heavy (non-hydrogen) atoms. The van der Waals surface area contributed by atoms with Crippen LogP contribution in [-0.4, -0.2) is 28.9 Å². The van der Waals surface area contributed by atoms with Crippen LogP contribution in [0.1, 0.15) is 42.6 Å². The Balaban J connectivity index is 1.25. The van der Waals surface area contributed by atoms with Gasteiger partial charge in [-0.05, 0) is 55.9 Å². The first-order chi connectivity index (χ1) is 13.6. The molecule has 146 valence electrons. The van der Waals surface area contributed by atoms with Gasteiger partial charge >= 0.3 is 0 Å². The Labute approximate surface area is 167 Å². The Morgan fingerprint density at radius 1 is 1.14 bits per heavy atom. The fourth-order valence-corrected chi connectivity index (χ4v) is 4.24. The van der Waals surface area contributed by atoms with Crippen LogP contribution in [0.25, 0.3) is 10.6 Å². The van der Waals surface area contributed by atoms with Crippen LogP contribution < -0.4 is 10.6 Å². The second kappa shape index (κ2) is 8.22. The molecule has 1 heterocycles. The first-order valence-electron chi connectivity index (χ1n) is 9.55. The Hall–Kier alpha value is -2.54. The Morgan fingerprint density at radius 2 is 1.93 bits per heavy atom. The molecule has 7 heteroatoms. The quantitative estimate of drug-likeness (QED) is 0.728. The van der Waals surface area contributed by atoms with Gasteiger partial charge in [0.05, 0.1) is 12.1 Å². The van der Waals surface area contributed by atoms with E-state index in [0.29, 0.717) is 23.0 Å². The Kier molecular flexibility index (Phi) is 5.52. The summed E-state index contributed by atoms with van der Waals surface area (Å²) in [6, 6.07) is 5.99. The first-order valence-corrected chi connectivity index (χ1v) is 10.4. The highest BCUT2D eigenvalue weighted by molar-refractivity contribution is 7.13. The largest absolute Gasteiger partial charge is 0.351 e. The Morgan fingerprint density at radius 3 is 2.68 bits per heavy atom. The summed E-state index contributed by atoms with van der Waals surface area (Å²) >= 11 is 1.35. The van der Waals surface area contributed by atoms with Crippen molar-refractivity contribution in [1.29, 1.82) is 0 Å². The highest BCUT2D eigenvalue weighted by Gasteiger charge is 2.40. The summed E-state index contributed by atoms with van der Waals surface area (Å²) in [6.45, 7) is 0. The normalized spacial score (nSPS) is 23.2. The zero-order valence-corrected chi connectivity index (χ0v) is 16.2. The van der Waals surface area contributed by atoms with Crippen molar-refractivity contribution < 1.29 is 14.0 Å². The summed E-state index contributed by atoms with van der Waals surface area (Å²) in [5.41, 5.74) is 1.12. The number of aromatic nitrogens is 1. The van der Waals surface area contributed by atoms with Crippen molar-refractivity contribution in [1.82, 2.24) is 15.6 Å². The molecule has 1 aromatic heterocycles. The van der Waals surface area contributed by atoms with Crippen molar-refractivity contribution in [3.63, 3.8) is 0 Å². The van der Waals surface area contributed by atoms with Gasteiger partial charge in [-0.3, -0.25) is 9.59 Å². The molecule has 4 rings (SSSR count). The number of allylic oxidation sites excluding steroid dienone is 2. The van der Waals surface area contributed by atoms with Gasteiger partial charge in [-0.15, -0.1) is 11.3 Å². The van der Waals surface area contributed by atoms with Crippen molar-refractivity contribution in [3.8, 4) is 10.6 Å². The predicted octanol–water partition coefficient (Wildman–Crippen LogP) is 3.68. The smallest absolute Gasteiger partial charge is 0.271 e. The number of hydrogen-bond acceptors (Lipinski definition) is 4. The number of nitrogens with one attached hydrogen (secondary N) is 2. The van der Waals surface area contributed by atoms with Crippen LogP contribution in [0, 0.1) is 11.7 Å². The number of hydrogen-bond donors (Lipinski definition) is 2. The van der Waals surface area contributed by atoms with E-state index in [1.54, 1.807) is 17.5 Å². The molecule has 0 unspecified atom stereocenters. The summed E-state index contributed by atoms with van der Waals surface area (Å²) in [4.78, 5) is 28.9. The average Bonchev–Trinajstić information content (AvgIpc) is 3.21. The van der Waals surface area contributed by atoms with E-state index in [1.165, 1.54) is 23.5 Å². The van der Waals surface area contributed by atoms with E-state index < -0.39 is 0 Å². The fraction of sp³-hybridized carbons (Fsp3) is 0.381. The molecule has 0 aliphatic heterocycles. The third-order valence-corrected chi connectivity index (χ3v) is 6.02. The molecule has 2 aromatic rings. The second-order valence-corrected chi connectivity index (χ2v) is 8.25. The number of carbonyl (C=O) groups is 2. The van der Waals surface area contributed by atoms with E-state index in [2.05, 4.69) is 27.8 Å². The third-order valence-electron chi connectivity index (χ3n) is 5.13. The van der Waals surface area contributed by atoms with Crippen molar-refractivity contribution in [2.24, 2.45) is 5.92 Å². The van der Waals surface area contributed by atoms with E-state index in [9.17, 15) is 14.0 Å². The molecule has 5 nitrogen and oxygen atoms in total. The fourth-order valence-electron chi connectivity index (χ4n) is 3.43. The molecule has 1 aromatic carbocycles. The van der Waals surface area contributed by atoms with Crippen LogP contribution in [0.4, 0.5) is 4.39 Å². The number of benzene rings is 1. The first kappa shape index (κ1) is 18.8. The van der Waals surface area contributed by atoms with Crippen LogP contribution in [-0.2, 0) is 4.79 Å². The number of rotatable bonds is 6. The zero-order chi connectivity index (χ0) is 19.5. The van der Waals surface area contributed by atoms with Crippen LogP contribution >= 0.6 is 11.3 Å². The summed E-state index contributed by atoms with van der Waals surface area (Å²) in [6.07, 6.45) is 8.70. The van der Waals surface area contributed by atoms with Crippen molar-refractivity contribution >= 4 is 23.2 Å². The molecule has 1 saturated carbocycles. The lowest BCUT2D eigenvalue weighted by molar-refractivity contribution is -0.122. The van der Waals surface area contributed by atoms with Gasteiger partial charge in [-0.25, -0.2) is 9.37 Å². The van der Waals surface area contributed by atoms with E-state index in [0.717, 1.165) is 31.2 Å². The lowest BCUT2D eigenvalue weighted by Crippen LogP contribution is -2.35. The molecule has 2 amide bonds. The third kappa shape index (κ3) is 4.65. The van der Waals surface area contributed by atoms with Crippen LogP contribution in [0.15, 0.2) is 41.8 Å². The van der Waals surface area contributed by atoms with Gasteiger partial charge in [0.2, 0.25) is 5.91 Å². The molecule has 0 radical (unpaired) electrons. The molecule has 2 N–H and O–H groups in total. The van der Waals surface area contributed by atoms with Crippen molar-refractivity contribution in [3.05, 3.63) is 53.3 Å². The summed E-state index contributed by atoms with van der Waals surface area (Å²) in [5, 5.41) is 8.30. The molecule has 3 atom stereocenters. The molecule has 0 spiro atoms. The van der Waals surface area contributed by atoms with Crippen LogP contribution in [0.2, 0.25) is 0 Å². The van der Waals surface area contributed by atoms with Crippen LogP contribution in [0.3, 0.4) is 0 Å². The second-order valence-electron chi connectivity index (χ2n) is 7.39. The predicted molar refractivity (Wildman–Crippen MR) is 106 cm³/mol. The van der Waals surface area contributed by atoms with Crippen LogP contribution in [0.5, 0.6) is 0 Å². The van der Waals surface area contributed by atoms with Gasteiger partial charge in [0, 0.05) is 17.4 Å². The molecule has 0 saturated heterocycles. The van der Waals surface area contributed by atoms with Crippen molar-refractivity contribution in [2.75, 3.05) is 0 Å². The number of amides is 2. The van der Waals surface area contributed by atoms with Gasteiger partial charge in [0.1, 0.15) is 16.5 Å². The molecule has 0 bridgehead atoms. The maximum absolute atomic E-state index is 13.0. The highest BCUT2D eigenvalue weighted by atomic mass is 32.1. The van der Waals surface area contributed by atoms with E-state index in [-0.39, 0.29) is 29.7 Å². The Bertz CT molecular complexity index is 893. The lowest BCUT2D eigenvalue weighted by Gasteiger charge is -2.17. The average molecular weight is 399 g/mol. The van der Waals surface area contributed by atoms with E-state index in [4.69, 9.17) is 0 Å². The minimum absolute atomic E-state index is 0.00536. The minimum Gasteiger partial charge on any atom is -0.351 e. The van der Waals surface area contributed by atoms with E-state index >= 15 is 0 Å². The molecule has 2 aliphatic rings. The maximum atomic E-state index is 13.0. The monoisotopic (exact) mass is 399 g/mol. The zero-order valence-electron chi connectivity index (χ0n) is 15.4. The number of carbonyl (C=O) groups excluding carboxylic acids is 2. The number of halogens is 1. The SMILES string of the molecule is O=C(C[C@@H]1CC=CCC1)N[C@@H]1C[C@H]1NC(=O)c1csc(-c2ccc(F)cc2)n1. The lowest BCUT2D eigenvalue weighted by atomic mass is 9.91. The highest BCUT2D eigenvalue weighted by Crippen LogP contribution is 2.26. The summed E-state index contributed by atoms with van der Waals surface area (Å²) in [7, 11) is 0. The summed E-state index contributed by atoms with van der Waals surface area (Å²) in [5.74, 6) is -0.0604. The number of thiazole rings is 1.